The number of amides is 2. The molecule has 3 aromatic heterocycles. The highest BCUT2D eigenvalue weighted by atomic mass is 16.5. The molecule has 2 amide bonds. The predicted molar refractivity (Wildman–Crippen MR) is 154 cm³/mol. The number of nitrogens with two attached hydrogens (primary N) is 1. The van der Waals surface area contributed by atoms with E-state index in [4.69, 9.17) is 15.5 Å². The Bertz CT molecular complexity index is 1560. The molecule has 1 aromatic carbocycles. The lowest BCUT2D eigenvalue weighted by atomic mass is 10.1. The lowest BCUT2D eigenvalue weighted by Crippen LogP contribution is -2.30. The van der Waals surface area contributed by atoms with Crippen LogP contribution in [-0.2, 0) is 9.53 Å². The average molecular weight is 540 g/mol. The first-order valence-corrected chi connectivity index (χ1v) is 13.3. The highest BCUT2D eigenvalue weighted by Crippen LogP contribution is 2.36. The topological polar surface area (TPSA) is 128 Å². The molecule has 0 unspecified atom stereocenters. The average Bonchev–Trinajstić information content (AvgIpc) is 3.59. The summed E-state index contributed by atoms with van der Waals surface area (Å²) >= 11 is 0. The lowest BCUT2D eigenvalue weighted by Gasteiger charge is -2.22. The number of rotatable bonds is 8. The zero-order chi connectivity index (χ0) is 28.2. The number of aromatic nitrogens is 4. The molecule has 0 bridgehead atoms. The lowest BCUT2D eigenvalue weighted by molar-refractivity contribution is -0.127. The van der Waals surface area contributed by atoms with Crippen molar-refractivity contribution in [2.24, 2.45) is 0 Å². The molecule has 1 atom stereocenters. The normalized spacial score (nSPS) is 15.4. The van der Waals surface area contributed by atoms with E-state index in [9.17, 15) is 9.59 Å². The van der Waals surface area contributed by atoms with Crippen molar-refractivity contribution in [1.82, 2.24) is 24.3 Å². The summed E-state index contributed by atoms with van der Waals surface area (Å²) in [4.78, 5) is 41.2. The van der Waals surface area contributed by atoms with E-state index in [0.29, 0.717) is 47.5 Å². The number of carbonyl (C=O) groups is 2. The second kappa shape index (κ2) is 11.7. The summed E-state index contributed by atoms with van der Waals surface area (Å²) in [5.74, 6) is 1.57. The molecule has 0 spiro atoms. The first kappa shape index (κ1) is 27.0. The fourth-order valence-corrected chi connectivity index (χ4v) is 5.01. The van der Waals surface area contributed by atoms with E-state index in [1.54, 1.807) is 43.8 Å². The van der Waals surface area contributed by atoms with Crippen molar-refractivity contribution in [3.8, 4) is 11.3 Å². The zero-order valence-corrected chi connectivity index (χ0v) is 22.9. The number of imidazole rings is 1. The molecule has 1 aliphatic heterocycles. The first-order valence-electron chi connectivity index (χ1n) is 13.3. The van der Waals surface area contributed by atoms with Crippen molar-refractivity contribution in [2.45, 2.75) is 38.6 Å². The van der Waals surface area contributed by atoms with E-state index in [1.165, 1.54) is 0 Å². The summed E-state index contributed by atoms with van der Waals surface area (Å²) in [5.41, 5.74) is 10.0. The van der Waals surface area contributed by atoms with Gasteiger partial charge < -0.3 is 20.7 Å². The van der Waals surface area contributed by atoms with Crippen LogP contribution in [0.4, 0.5) is 11.6 Å². The van der Waals surface area contributed by atoms with Gasteiger partial charge >= 0.3 is 0 Å². The molecule has 4 heterocycles. The molecule has 10 heteroatoms. The number of ether oxygens (including phenoxy) is 1. The summed E-state index contributed by atoms with van der Waals surface area (Å²) in [6.07, 6.45) is 10.1. The number of nitrogens with zero attached hydrogens (tertiary/aromatic N) is 5. The quantitative estimate of drug-likeness (QED) is 0.313. The molecule has 0 saturated carbocycles. The van der Waals surface area contributed by atoms with Crippen LogP contribution in [0.3, 0.4) is 0 Å². The Balaban J connectivity index is 1.44. The minimum atomic E-state index is -0.252. The van der Waals surface area contributed by atoms with E-state index >= 15 is 0 Å². The zero-order valence-electron chi connectivity index (χ0n) is 22.9. The second-order valence-corrected chi connectivity index (χ2v) is 10.1. The van der Waals surface area contributed by atoms with Gasteiger partial charge in [0.15, 0.2) is 0 Å². The number of carbonyl (C=O) groups excluding carboxylic acids is 2. The highest BCUT2D eigenvalue weighted by molar-refractivity contribution is 6.04. The van der Waals surface area contributed by atoms with Crippen LogP contribution in [0.1, 0.15) is 60.4 Å². The molecule has 1 fully saturated rings. The van der Waals surface area contributed by atoms with Crippen LogP contribution in [0, 0.1) is 0 Å². The van der Waals surface area contributed by atoms with Gasteiger partial charge in [0.05, 0.1) is 12.6 Å². The Morgan fingerprint density at radius 3 is 2.73 bits per heavy atom. The molecular weight excluding hydrogens is 506 g/mol. The van der Waals surface area contributed by atoms with Crippen LogP contribution in [-0.4, -0.2) is 56.3 Å². The fourth-order valence-electron chi connectivity index (χ4n) is 5.01. The molecule has 0 aliphatic carbocycles. The molecule has 0 radical (unpaired) electrons. The van der Waals surface area contributed by atoms with E-state index in [1.807, 2.05) is 39.8 Å². The van der Waals surface area contributed by atoms with Crippen LogP contribution in [0.5, 0.6) is 0 Å². The Hall–Kier alpha value is -4.57. The number of hydrogen-bond acceptors (Lipinski definition) is 7. The third-order valence-electron chi connectivity index (χ3n) is 7.08. The maximum Gasteiger partial charge on any atom is 0.256 e. The number of nitrogen functional groups attached to an aromatic ring is 1. The second-order valence-electron chi connectivity index (χ2n) is 10.1. The molecule has 3 N–H and O–H groups in total. The van der Waals surface area contributed by atoms with Gasteiger partial charge in [-0.25, -0.2) is 15.0 Å². The van der Waals surface area contributed by atoms with Gasteiger partial charge in [0, 0.05) is 49.4 Å². The Kier molecular flexibility index (Phi) is 7.88. The van der Waals surface area contributed by atoms with Gasteiger partial charge in [-0.1, -0.05) is 32.1 Å². The number of fused-ring (bicyclic) bond motifs is 1. The summed E-state index contributed by atoms with van der Waals surface area (Å²) in [6, 6.07) is 10.8. The minimum Gasteiger partial charge on any atom is -0.382 e. The molecule has 1 saturated heterocycles. The summed E-state index contributed by atoms with van der Waals surface area (Å²) in [6.45, 7) is 5.20. The monoisotopic (exact) mass is 539 g/mol. The van der Waals surface area contributed by atoms with Crippen molar-refractivity contribution < 1.29 is 14.3 Å². The number of benzene rings is 1. The molecule has 1 aliphatic rings. The van der Waals surface area contributed by atoms with Crippen LogP contribution in [0.25, 0.3) is 16.8 Å². The summed E-state index contributed by atoms with van der Waals surface area (Å²) in [7, 11) is 1.59. The Morgan fingerprint density at radius 1 is 1.18 bits per heavy atom. The van der Waals surface area contributed by atoms with Crippen LogP contribution in [0.15, 0.2) is 67.1 Å². The van der Waals surface area contributed by atoms with E-state index in [-0.39, 0.29) is 17.9 Å². The standard InChI is InChI=1S/C30H33N7O3/c1-19(2)22-12-13-32-24(18-22)34-30(39)21-10-8-20(9-11-21)26-27-28(31)33-14-16-37(27)29(35-26)23-6-4-15-36(23)25(38)7-5-17-40-3/h5,7-14,16,18-19,23H,4,6,15,17H2,1-3H3,(H2,31,33)(H,32,34,39)/t23-/m0/s1. The molecule has 10 nitrogen and oxygen atoms in total. The molecule has 206 valence electrons. The predicted octanol–water partition coefficient (Wildman–Crippen LogP) is 4.62. The van der Waals surface area contributed by atoms with Gasteiger partial charge in [-0.05, 0) is 48.6 Å². The van der Waals surface area contributed by atoms with Gasteiger partial charge in [-0.2, -0.15) is 0 Å². The number of hydrogen-bond donors (Lipinski definition) is 2. The largest absolute Gasteiger partial charge is 0.382 e. The Labute approximate surface area is 232 Å². The van der Waals surface area contributed by atoms with Crippen LogP contribution in [0.2, 0.25) is 0 Å². The number of likely N-dealkylation sites (tertiary alicyclic amines) is 1. The highest BCUT2D eigenvalue weighted by Gasteiger charge is 2.33. The van der Waals surface area contributed by atoms with Crippen molar-refractivity contribution in [3.63, 3.8) is 0 Å². The molecule has 40 heavy (non-hydrogen) atoms. The smallest absolute Gasteiger partial charge is 0.256 e. The van der Waals surface area contributed by atoms with Gasteiger partial charge in [0.2, 0.25) is 5.91 Å². The number of methoxy groups -OCH3 is 1. The van der Waals surface area contributed by atoms with Crippen molar-refractivity contribution in [1.29, 1.82) is 0 Å². The van der Waals surface area contributed by atoms with Gasteiger partial charge in [-0.3, -0.25) is 14.0 Å². The van der Waals surface area contributed by atoms with Crippen molar-refractivity contribution in [3.05, 3.63) is 84.1 Å². The van der Waals surface area contributed by atoms with Gasteiger partial charge in [-0.15, -0.1) is 0 Å². The van der Waals surface area contributed by atoms with Gasteiger partial charge in [0.25, 0.3) is 5.91 Å². The van der Waals surface area contributed by atoms with Crippen LogP contribution < -0.4 is 11.1 Å². The third-order valence-corrected chi connectivity index (χ3v) is 7.08. The van der Waals surface area contributed by atoms with Crippen LogP contribution >= 0.6 is 0 Å². The van der Waals surface area contributed by atoms with Crippen molar-refractivity contribution >= 4 is 29.0 Å². The summed E-state index contributed by atoms with van der Waals surface area (Å²) < 4.78 is 6.95. The molecule has 5 rings (SSSR count). The number of pyridine rings is 1. The Morgan fingerprint density at radius 2 is 1.98 bits per heavy atom. The maximum atomic E-state index is 12.9. The molecule has 4 aromatic rings. The summed E-state index contributed by atoms with van der Waals surface area (Å²) in [5, 5.41) is 2.88. The maximum absolute atomic E-state index is 12.9. The van der Waals surface area contributed by atoms with E-state index in [2.05, 4.69) is 29.1 Å². The fraction of sp³-hybridized carbons (Fsp3) is 0.300. The van der Waals surface area contributed by atoms with Crippen molar-refractivity contribution in [2.75, 3.05) is 31.3 Å². The first-order chi connectivity index (χ1) is 19.4. The number of anilines is 2. The minimum absolute atomic E-state index is 0.0799. The SMILES string of the molecule is COCC=CC(=O)N1CCC[C@H]1c1nc(-c2ccc(C(=O)Nc3cc(C(C)C)ccn3)cc2)c2c(N)nccn12. The van der Waals surface area contributed by atoms with E-state index in [0.717, 1.165) is 29.8 Å². The van der Waals surface area contributed by atoms with E-state index < -0.39 is 0 Å². The number of nitrogens with one attached hydrogen (secondary N) is 1. The molecular formula is C30H33N7O3. The van der Waals surface area contributed by atoms with Gasteiger partial charge in [0.1, 0.15) is 28.7 Å². The third kappa shape index (κ3) is 5.43.